The number of oxime groups is 1. The Hall–Kier alpha value is -4.26. The Bertz CT molecular complexity index is 1580. The van der Waals surface area contributed by atoms with Crippen molar-refractivity contribution in [2.45, 2.75) is 23.2 Å². The molecule has 15 nitrogen and oxygen atoms in total. The number of rotatable bonds is 11. The first-order valence-electron chi connectivity index (χ1n) is 11.5. The van der Waals surface area contributed by atoms with E-state index in [1.54, 1.807) is 19.1 Å². The number of benzene rings is 1. The number of nitrogens with zero attached hydrogens (tertiary/aromatic N) is 4. The fourth-order valence-electron chi connectivity index (χ4n) is 3.76. The van der Waals surface area contributed by atoms with Gasteiger partial charge in [0.15, 0.2) is 11.2 Å². The van der Waals surface area contributed by atoms with Crippen molar-refractivity contribution in [3.05, 3.63) is 71.9 Å². The van der Waals surface area contributed by atoms with E-state index in [2.05, 4.69) is 26.4 Å². The summed E-state index contributed by atoms with van der Waals surface area (Å²) in [6.45, 7) is 5.19. The Balaban J connectivity index is 1.54. The van der Waals surface area contributed by atoms with Gasteiger partial charge >= 0.3 is 16.1 Å². The molecule has 216 valence electrons. The van der Waals surface area contributed by atoms with Crippen LogP contribution in [0.2, 0.25) is 0 Å². The van der Waals surface area contributed by atoms with Gasteiger partial charge in [-0.15, -0.1) is 0 Å². The van der Waals surface area contributed by atoms with Crippen molar-refractivity contribution in [2.75, 3.05) is 18.1 Å². The van der Waals surface area contributed by atoms with Crippen LogP contribution in [0.25, 0.3) is 0 Å². The van der Waals surface area contributed by atoms with Crippen LogP contribution in [0.3, 0.4) is 0 Å². The minimum atomic E-state index is -4.22. The summed E-state index contributed by atoms with van der Waals surface area (Å²) in [5.74, 6) is -3.91. The molecular formula is C23H22N6O9S3. The summed E-state index contributed by atoms with van der Waals surface area (Å²) < 4.78 is 46.7. The lowest BCUT2D eigenvalue weighted by Crippen LogP contribution is -2.75. The molecule has 0 aliphatic carbocycles. The van der Waals surface area contributed by atoms with Gasteiger partial charge < -0.3 is 29.7 Å². The van der Waals surface area contributed by atoms with Crippen molar-refractivity contribution < 1.29 is 41.5 Å². The average molecular weight is 623 g/mol. The number of nitrogens with two attached hydrogens (primary N) is 1. The molecule has 0 radical (unpaired) electrons. The number of hydrogen-bond donors (Lipinski definition) is 3. The predicted octanol–water partition coefficient (Wildman–Crippen LogP) is 0.00872. The summed E-state index contributed by atoms with van der Waals surface area (Å²) in [6.07, 6.45) is 3.13. The van der Waals surface area contributed by atoms with Crippen LogP contribution >= 0.6 is 11.5 Å². The second kappa shape index (κ2) is 12.1. The van der Waals surface area contributed by atoms with Crippen molar-refractivity contribution in [3.8, 4) is 0 Å². The van der Waals surface area contributed by atoms with Crippen LogP contribution < -0.4 is 11.1 Å². The summed E-state index contributed by atoms with van der Waals surface area (Å²) in [5.41, 5.74) is 5.34. The van der Waals surface area contributed by atoms with Crippen molar-refractivity contribution in [2.24, 2.45) is 5.16 Å². The lowest BCUT2D eigenvalue weighted by molar-refractivity contribution is -0.150. The molecule has 4 N–H and O–H groups in total. The molecule has 1 fully saturated rings. The van der Waals surface area contributed by atoms with Gasteiger partial charge in [0.1, 0.15) is 29.2 Å². The van der Waals surface area contributed by atoms with Crippen molar-refractivity contribution >= 4 is 61.5 Å². The molecule has 2 amide bonds. The molecule has 1 saturated heterocycles. The number of anilines is 1. The molecule has 0 saturated carbocycles. The zero-order valence-electron chi connectivity index (χ0n) is 21.1. The number of carboxylic acids is 1. The monoisotopic (exact) mass is 622 g/mol. The van der Waals surface area contributed by atoms with Crippen molar-refractivity contribution in [3.63, 3.8) is 0 Å². The zero-order chi connectivity index (χ0) is 29.9. The molecule has 4 rings (SSSR count). The maximum Gasteiger partial charge on any atom is 0.353 e. The van der Waals surface area contributed by atoms with Crippen LogP contribution in [0, 0.1) is 6.92 Å². The number of nitrogen functional groups attached to an aromatic ring is 1. The van der Waals surface area contributed by atoms with E-state index in [0.717, 1.165) is 34.3 Å². The highest BCUT2D eigenvalue weighted by Gasteiger charge is 2.61. The fraction of sp³-hybridized carbons (Fsp3) is 0.217. The van der Waals surface area contributed by atoms with Crippen molar-refractivity contribution in [1.82, 2.24) is 19.6 Å². The normalized spacial score (nSPS) is 20.8. The van der Waals surface area contributed by atoms with E-state index in [4.69, 9.17) is 14.8 Å². The van der Waals surface area contributed by atoms with Gasteiger partial charge in [0.25, 0.3) is 11.8 Å². The standard InChI is InChI=1S/C23H22N6O9S3/c1-3-9-37-27-15(18-26-23(24)39-28-18)19(30)25-16-20(31)29-17(22(32)33)13(11-40(34)21(16)29)8-10-38-41(35,36)14-6-4-12(2)5-7-14/h3-8,10,16,21H,1,9,11H2,2H3,(H,25,30)(H,32,33)(H2,24,26,28)/t16?,21-,40?/m0/s1. The number of carbonyl (C=O) groups excluding carboxylic acids is 2. The maximum absolute atomic E-state index is 13.1. The van der Waals surface area contributed by atoms with Crippen LogP contribution in [0.4, 0.5) is 5.13 Å². The van der Waals surface area contributed by atoms with Gasteiger partial charge in [-0.3, -0.25) is 14.5 Å². The van der Waals surface area contributed by atoms with E-state index >= 15 is 0 Å². The van der Waals surface area contributed by atoms with E-state index < -0.39 is 61.9 Å². The zero-order valence-corrected chi connectivity index (χ0v) is 23.6. The molecular weight excluding hydrogens is 600 g/mol. The van der Waals surface area contributed by atoms with Crippen LogP contribution in [0.5, 0.6) is 0 Å². The second-order valence-electron chi connectivity index (χ2n) is 8.40. The minimum Gasteiger partial charge on any atom is -0.614 e. The SMILES string of the molecule is C=CCON=C(C(=O)NC1C(=O)N2C(C(=O)O)=C(C=COS(=O)(=O)c3ccc(C)cc3)C[S+]([O-])[C@@H]12)c1nsc(N)n1. The number of amides is 2. The Morgan fingerprint density at radius 2 is 2.10 bits per heavy atom. The quantitative estimate of drug-likeness (QED) is 0.0440. The van der Waals surface area contributed by atoms with Gasteiger partial charge in [0.05, 0.1) is 0 Å². The lowest BCUT2D eigenvalue weighted by Gasteiger charge is -2.48. The smallest absolute Gasteiger partial charge is 0.353 e. The largest absolute Gasteiger partial charge is 0.614 e. The number of allylic oxidation sites excluding steroid dienone is 1. The van der Waals surface area contributed by atoms with E-state index in [1.165, 1.54) is 18.2 Å². The minimum absolute atomic E-state index is 0.0379. The van der Waals surface area contributed by atoms with Gasteiger partial charge in [-0.1, -0.05) is 35.5 Å². The van der Waals surface area contributed by atoms with E-state index in [9.17, 15) is 32.5 Å². The van der Waals surface area contributed by atoms with Crippen LogP contribution in [-0.2, 0) is 44.7 Å². The molecule has 2 unspecified atom stereocenters. The molecule has 2 aliphatic heterocycles. The summed E-state index contributed by atoms with van der Waals surface area (Å²) in [6, 6.07) is 4.46. The van der Waals surface area contributed by atoms with Crippen LogP contribution in [0.15, 0.2) is 70.6 Å². The van der Waals surface area contributed by atoms with Gasteiger partial charge in [-0.25, -0.2) is 4.79 Å². The van der Waals surface area contributed by atoms with Crippen molar-refractivity contribution in [1.29, 1.82) is 0 Å². The second-order valence-corrected chi connectivity index (χ2v) is 12.3. The van der Waals surface area contributed by atoms with Gasteiger partial charge in [0.2, 0.25) is 16.9 Å². The number of aryl methyl sites for hydroxylation is 1. The lowest BCUT2D eigenvalue weighted by atomic mass is 10.0. The summed E-state index contributed by atoms with van der Waals surface area (Å²) in [7, 11) is -4.22. The van der Waals surface area contributed by atoms with Gasteiger partial charge in [-0.05, 0) is 36.3 Å². The number of carbonyl (C=O) groups is 3. The topological polar surface area (TPSA) is 227 Å². The summed E-state index contributed by atoms with van der Waals surface area (Å²) in [4.78, 5) is 47.6. The highest BCUT2D eigenvalue weighted by Crippen LogP contribution is 2.37. The first-order chi connectivity index (χ1) is 19.4. The third kappa shape index (κ3) is 6.24. The van der Waals surface area contributed by atoms with E-state index in [-0.39, 0.29) is 33.8 Å². The molecule has 1 aromatic heterocycles. The molecule has 18 heteroatoms. The molecule has 2 aromatic rings. The first-order valence-corrected chi connectivity index (χ1v) is 15.1. The molecule has 3 atom stereocenters. The molecule has 0 bridgehead atoms. The number of aliphatic carboxylic acids is 1. The van der Waals surface area contributed by atoms with E-state index in [0.29, 0.717) is 0 Å². The van der Waals surface area contributed by atoms with Crippen LogP contribution in [-0.4, -0.2) is 79.6 Å². The Morgan fingerprint density at radius 3 is 2.71 bits per heavy atom. The third-order valence-corrected chi connectivity index (χ3v) is 9.00. The summed E-state index contributed by atoms with van der Waals surface area (Å²) in [5, 5.41) is 14.7. The van der Waals surface area contributed by atoms with Gasteiger partial charge in [0, 0.05) is 17.1 Å². The molecule has 2 aliphatic rings. The Kier molecular flexibility index (Phi) is 8.76. The summed E-state index contributed by atoms with van der Waals surface area (Å²) >= 11 is -1.12. The average Bonchev–Trinajstić information content (AvgIpc) is 3.35. The fourth-order valence-corrected chi connectivity index (χ4v) is 6.62. The first kappa shape index (κ1) is 29.7. The molecule has 41 heavy (non-hydrogen) atoms. The number of aromatic nitrogens is 2. The molecule has 1 aromatic carbocycles. The number of carboxylic acid groups (broad SMARTS) is 1. The predicted molar refractivity (Wildman–Crippen MR) is 146 cm³/mol. The number of β-lactam (4-membered cyclic amide) rings is 1. The van der Waals surface area contributed by atoms with Crippen LogP contribution in [0.1, 0.15) is 11.4 Å². The third-order valence-electron chi connectivity index (χ3n) is 5.62. The highest BCUT2D eigenvalue weighted by atomic mass is 32.2. The Labute approximate surface area is 240 Å². The number of fused-ring (bicyclic) bond motifs is 1. The maximum atomic E-state index is 13.1. The number of hydrogen-bond acceptors (Lipinski definition) is 13. The van der Waals surface area contributed by atoms with E-state index in [1.807, 2.05) is 0 Å². The molecule has 3 heterocycles. The Morgan fingerprint density at radius 1 is 1.39 bits per heavy atom. The number of nitrogens with one attached hydrogen (secondary N) is 1. The molecule has 0 spiro atoms. The van der Waals surface area contributed by atoms with Gasteiger partial charge in [-0.2, -0.15) is 17.8 Å². The highest BCUT2D eigenvalue weighted by molar-refractivity contribution is 7.92.